The van der Waals surface area contributed by atoms with Gasteiger partial charge in [-0.3, -0.25) is 0 Å². The van der Waals surface area contributed by atoms with Crippen LogP contribution in [-0.2, 0) is 4.43 Å². The van der Waals surface area contributed by atoms with E-state index in [2.05, 4.69) is 50.1 Å². The van der Waals surface area contributed by atoms with E-state index in [1.54, 1.807) is 6.07 Å². The minimum atomic E-state index is -1.86. The van der Waals surface area contributed by atoms with Gasteiger partial charge in [-0.15, -0.1) is 0 Å². The highest BCUT2D eigenvalue weighted by Gasteiger charge is 2.43. The van der Waals surface area contributed by atoms with Crippen molar-refractivity contribution in [3.05, 3.63) is 29.6 Å². The molecule has 1 heterocycles. The molecule has 140 valence electrons. The van der Waals surface area contributed by atoms with Crippen molar-refractivity contribution in [1.29, 1.82) is 0 Å². The first-order valence-electron chi connectivity index (χ1n) is 9.62. The summed E-state index contributed by atoms with van der Waals surface area (Å²) in [6.07, 6.45) is 2.56. The van der Waals surface area contributed by atoms with Crippen molar-refractivity contribution in [3.8, 4) is 0 Å². The number of nitrogens with one attached hydrogen (secondary N) is 1. The average Bonchev–Trinajstić information content (AvgIpc) is 3.38. The van der Waals surface area contributed by atoms with E-state index in [-0.39, 0.29) is 17.0 Å². The van der Waals surface area contributed by atoms with Crippen LogP contribution < -0.4 is 10.2 Å². The van der Waals surface area contributed by atoms with Crippen LogP contribution in [0.4, 0.5) is 10.1 Å². The van der Waals surface area contributed by atoms with Gasteiger partial charge in [0.25, 0.3) is 0 Å². The molecule has 0 spiro atoms. The maximum Gasteiger partial charge on any atom is 0.192 e. The molecule has 1 aliphatic carbocycles. The third-order valence-corrected chi connectivity index (χ3v) is 10.5. The maximum atomic E-state index is 14.5. The van der Waals surface area contributed by atoms with Gasteiger partial charge < -0.3 is 14.6 Å². The lowest BCUT2D eigenvalue weighted by Crippen LogP contribution is -2.44. The highest BCUT2D eigenvalue weighted by molar-refractivity contribution is 6.74. The number of hydrogen-bond acceptors (Lipinski definition) is 3. The fraction of sp³-hybridized carbons (Fsp3) is 0.700. The normalized spacial score (nSPS) is 20.6. The van der Waals surface area contributed by atoms with Crippen molar-refractivity contribution in [2.75, 3.05) is 31.1 Å². The Hall–Kier alpha value is -0.913. The second kappa shape index (κ2) is 7.01. The third-order valence-electron chi connectivity index (χ3n) is 6.03. The lowest BCUT2D eigenvalue weighted by molar-refractivity contribution is 0.161. The van der Waals surface area contributed by atoms with E-state index >= 15 is 0 Å². The molecule has 2 aliphatic rings. The molecule has 0 unspecified atom stereocenters. The molecule has 3 rings (SSSR count). The van der Waals surface area contributed by atoms with E-state index < -0.39 is 8.32 Å². The summed E-state index contributed by atoms with van der Waals surface area (Å²) in [4.78, 5) is 2.16. The smallest absolute Gasteiger partial charge is 0.192 e. The Bertz CT molecular complexity index is 604. The summed E-state index contributed by atoms with van der Waals surface area (Å²) in [5.41, 5.74) is 1.89. The molecule has 1 saturated carbocycles. The van der Waals surface area contributed by atoms with E-state index in [4.69, 9.17) is 4.43 Å². The Morgan fingerprint density at radius 2 is 1.84 bits per heavy atom. The number of benzene rings is 1. The molecule has 1 aromatic carbocycles. The predicted octanol–water partition coefficient (Wildman–Crippen LogP) is 4.71. The number of piperazine rings is 1. The molecule has 0 aromatic heterocycles. The van der Waals surface area contributed by atoms with Crippen LogP contribution in [0.3, 0.4) is 0 Å². The molecule has 0 radical (unpaired) electrons. The van der Waals surface area contributed by atoms with Gasteiger partial charge in [-0.05, 0) is 54.6 Å². The van der Waals surface area contributed by atoms with Crippen LogP contribution in [0.2, 0.25) is 18.1 Å². The van der Waals surface area contributed by atoms with Crippen molar-refractivity contribution in [2.45, 2.75) is 57.8 Å². The molecular formula is C20H33FN2OSi. The van der Waals surface area contributed by atoms with Crippen LogP contribution >= 0.6 is 0 Å². The van der Waals surface area contributed by atoms with Crippen LogP contribution in [0.5, 0.6) is 0 Å². The molecule has 0 bridgehead atoms. The minimum absolute atomic E-state index is 0.114. The van der Waals surface area contributed by atoms with E-state index in [1.165, 1.54) is 12.8 Å². The largest absolute Gasteiger partial charge is 0.410 e. The van der Waals surface area contributed by atoms with Crippen molar-refractivity contribution >= 4 is 14.0 Å². The number of anilines is 1. The Labute approximate surface area is 153 Å². The Balaban J connectivity index is 1.87. The van der Waals surface area contributed by atoms with Crippen molar-refractivity contribution in [2.24, 2.45) is 5.92 Å². The SMILES string of the molecule is CC(C)(C)[Si](C)(C)O[C@H](c1ccc(F)c(N2CCNCC2)c1)C1CC1. The minimum Gasteiger partial charge on any atom is -0.410 e. The fourth-order valence-corrected chi connectivity index (χ4v) is 4.50. The van der Waals surface area contributed by atoms with Gasteiger partial charge in [0.05, 0.1) is 11.8 Å². The summed E-state index contributed by atoms with van der Waals surface area (Å²) < 4.78 is 21.2. The summed E-state index contributed by atoms with van der Waals surface area (Å²) in [7, 11) is -1.86. The van der Waals surface area contributed by atoms with Crippen molar-refractivity contribution < 1.29 is 8.82 Å². The summed E-state index contributed by atoms with van der Waals surface area (Å²) >= 11 is 0. The quantitative estimate of drug-likeness (QED) is 0.766. The second-order valence-corrected chi connectivity index (χ2v) is 13.8. The molecule has 3 nitrogen and oxygen atoms in total. The van der Waals surface area contributed by atoms with Crippen LogP contribution in [0.1, 0.15) is 45.3 Å². The molecule has 0 amide bonds. The second-order valence-electron chi connectivity index (χ2n) is 9.08. The summed E-state index contributed by atoms with van der Waals surface area (Å²) in [6.45, 7) is 15.0. The van der Waals surface area contributed by atoms with Gasteiger partial charge in [0.1, 0.15) is 5.82 Å². The van der Waals surface area contributed by atoms with Gasteiger partial charge in [0.15, 0.2) is 8.32 Å². The molecule has 5 heteroatoms. The van der Waals surface area contributed by atoms with E-state index in [9.17, 15) is 4.39 Å². The zero-order valence-electron chi connectivity index (χ0n) is 16.4. The fourth-order valence-electron chi connectivity index (χ4n) is 3.18. The molecule has 1 atom stereocenters. The van der Waals surface area contributed by atoms with E-state index in [1.807, 2.05) is 6.07 Å². The first kappa shape index (κ1) is 18.9. The monoisotopic (exact) mass is 364 g/mol. The Morgan fingerprint density at radius 1 is 1.20 bits per heavy atom. The predicted molar refractivity (Wildman–Crippen MR) is 105 cm³/mol. The lowest BCUT2D eigenvalue weighted by atomic mass is 10.0. The highest BCUT2D eigenvalue weighted by atomic mass is 28.4. The van der Waals surface area contributed by atoms with Gasteiger partial charge in [-0.1, -0.05) is 26.8 Å². The van der Waals surface area contributed by atoms with Crippen LogP contribution in [0.15, 0.2) is 18.2 Å². The standard InChI is InChI=1S/C20H33FN2OSi/c1-20(2,3)25(4,5)24-19(15-6-7-15)16-8-9-17(21)18(14-16)23-12-10-22-11-13-23/h8-9,14-15,19,22H,6-7,10-13H2,1-5H3/t19-/m0/s1. The molecule has 1 aliphatic heterocycles. The topological polar surface area (TPSA) is 24.5 Å². The van der Waals surface area contributed by atoms with Crippen LogP contribution in [0, 0.1) is 11.7 Å². The zero-order chi connectivity index (χ0) is 18.2. The molecule has 2 fully saturated rings. The molecular weight excluding hydrogens is 331 g/mol. The van der Waals surface area contributed by atoms with E-state index in [0.29, 0.717) is 5.92 Å². The van der Waals surface area contributed by atoms with Crippen LogP contribution in [-0.4, -0.2) is 34.5 Å². The van der Waals surface area contributed by atoms with Gasteiger partial charge in [-0.2, -0.15) is 0 Å². The van der Waals surface area contributed by atoms with Crippen LogP contribution in [0.25, 0.3) is 0 Å². The third kappa shape index (κ3) is 4.26. The molecule has 1 aromatic rings. The highest BCUT2D eigenvalue weighted by Crippen LogP contribution is 2.48. The Kier molecular flexibility index (Phi) is 5.29. The number of rotatable bonds is 5. The van der Waals surface area contributed by atoms with Gasteiger partial charge >= 0.3 is 0 Å². The average molecular weight is 365 g/mol. The summed E-state index contributed by atoms with van der Waals surface area (Å²) in [5, 5.41) is 3.52. The first-order chi connectivity index (χ1) is 11.7. The molecule has 25 heavy (non-hydrogen) atoms. The lowest BCUT2D eigenvalue weighted by Gasteiger charge is -2.40. The number of hydrogen-bond donors (Lipinski definition) is 1. The summed E-state index contributed by atoms with van der Waals surface area (Å²) in [5.74, 6) is 0.475. The molecule has 1 saturated heterocycles. The van der Waals surface area contributed by atoms with Gasteiger partial charge in [0, 0.05) is 26.2 Å². The first-order valence-corrected chi connectivity index (χ1v) is 12.5. The summed E-state index contributed by atoms with van der Waals surface area (Å²) in [6, 6.07) is 5.63. The van der Waals surface area contributed by atoms with Gasteiger partial charge in [0.2, 0.25) is 0 Å². The van der Waals surface area contributed by atoms with E-state index in [0.717, 1.165) is 37.4 Å². The Morgan fingerprint density at radius 3 is 2.40 bits per heavy atom. The van der Waals surface area contributed by atoms with Crippen molar-refractivity contribution in [3.63, 3.8) is 0 Å². The number of halogens is 1. The maximum absolute atomic E-state index is 14.5. The number of nitrogens with zero attached hydrogens (tertiary/aromatic N) is 1. The van der Waals surface area contributed by atoms with Gasteiger partial charge in [-0.25, -0.2) is 4.39 Å². The van der Waals surface area contributed by atoms with Crippen molar-refractivity contribution in [1.82, 2.24) is 5.32 Å². The zero-order valence-corrected chi connectivity index (χ0v) is 17.4. The molecule has 1 N–H and O–H groups in total.